The van der Waals surface area contributed by atoms with E-state index in [0.717, 1.165) is 31.5 Å². The summed E-state index contributed by atoms with van der Waals surface area (Å²) in [5.74, 6) is -0.164. The van der Waals surface area contributed by atoms with Crippen LogP contribution in [0.4, 0.5) is 11.4 Å². The second-order valence-corrected chi connectivity index (χ2v) is 6.61. The third kappa shape index (κ3) is 4.08. The lowest BCUT2D eigenvalue weighted by molar-refractivity contribution is -0.384. The smallest absolute Gasteiger partial charge is 0.338 e. The van der Waals surface area contributed by atoms with Crippen molar-refractivity contribution in [2.75, 3.05) is 18.0 Å². The summed E-state index contributed by atoms with van der Waals surface area (Å²) >= 11 is 0. The number of aromatic nitrogens is 2. The van der Waals surface area contributed by atoms with Gasteiger partial charge in [-0.25, -0.2) is 4.79 Å². The fraction of sp³-hybridized carbons (Fsp3) is 0.250. The van der Waals surface area contributed by atoms with Crippen LogP contribution in [0, 0.1) is 10.1 Å². The van der Waals surface area contributed by atoms with Gasteiger partial charge < -0.3 is 14.2 Å². The van der Waals surface area contributed by atoms with Crippen LogP contribution in [0.2, 0.25) is 0 Å². The van der Waals surface area contributed by atoms with Gasteiger partial charge in [0.15, 0.2) is 6.61 Å². The van der Waals surface area contributed by atoms with Crippen LogP contribution < -0.4 is 4.90 Å². The van der Waals surface area contributed by atoms with Gasteiger partial charge in [-0.05, 0) is 25.0 Å². The van der Waals surface area contributed by atoms with Gasteiger partial charge in [-0.1, -0.05) is 35.5 Å². The predicted octanol–water partition coefficient (Wildman–Crippen LogP) is 3.60. The Hall–Kier alpha value is -3.75. The molecule has 1 fully saturated rings. The molecule has 1 saturated heterocycles. The molecule has 0 radical (unpaired) electrons. The first kappa shape index (κ1) is 18.6. The Kier molecular flexibility index (Phi) is 5.19. The van der Waals surface area contributed by atoms with Crippen LogP contribution in [0.5, 0.6) is 0 Å². The number of anilines is 1. The van der Waals surface area contributed by atoms with Crippen molar-refractivity contribution < 1.29 is 19.0 Å². The van der Waals surface area contributed by atoms with E-state index in [1.165, 1.54) is 12.1 Å². The molecule has 0 saturated carbocycles. The first-order chi connectivity index (χ1) is 14.1. The van der Waals surface area contributed by atoms with E-state index in [1.54, 1.807) is 6.07 Å². The van der Waals surface area contributed by atoms with Crippen molar-refractivity contribution in [1.82, 2.24) is 10.1 Å². The summed E-state index contributed by atoms with van der Waals surface area (Å²) in [5, 5.41) is 15.3. The molecule has 2 aromatic carbocycles. The number of rotatable bonds is 6. The monoisotopic (exact) mass is 394 g/mol. The molecule has 148 valence electrons. The van der Waals surface area contributed by atoms with Crippen molar-refractivity contribution in [2.24, 2.45) is 0 Å². The van der Waals surface area contributed by atoms with Crippen LogP contribution in [0.25, 0.3) is 11.4 Å². The fourth-order valence-electron chi connectivity index (χ4n) is 3.25. The maximum atomic E-state index is 12.4. The van der Waals surface area contributed by atoms with E-state index in [1.807, 2.05) is 35.2 Å². The highest BCUT2D eigenvalue weighted by molar-refractivity contribution is 5.91. The molecule has 0 N–H and O–H groups in total. The van der Waals surface area contributed by atoms with E-state index in [0.29, 0.717) is 11.5 Å². The van der Waals surface area contributed by atoms with E-state index in [-0.39, 0.29) is 23.7 Å². The van der Waals surface area contributed by atoms with Crippen LogP contribution in [-0.4, -0.2) is 34.1 Å². The summed E-state index contributed by atoms with van der Waals surface area (Å²) in [6.07, 6.45) is 1.99. The van der Waals surface area contributed by atoms with Crippen LogP contribution in [0.15, 0.2) is 53.1 Å². The molecule has 9 heteroatoms. The number of benzene rings is 2. The van der Waals surface area contributed by atoms with Crippen molar-refractivity contribution in [3.8, 4) is 11.4 Å². The summed E-state index contributed by atoms with van der Waals surface area (Å²) in [5.41, 5.74) is 1.29. The molecule has 9 nitrogen and oxygen atoms in total. The van der Waals surface area contributed by atoms with Gasteiger partial charge in [0.05, 0.1) is 10.5 Å². The lowest BCUT2D eigenvalue weighted by Crippen LogP contribution is -2.19. The number of nitro benzene ring substituents is 1. The summed E-state index contributed by atoms with van der Waals surface area (Å²) in [6, 6.07) is 13.6. The minimum absolute atomic E-state index is 0.0995. The Labute approximate surface area is 166 Å². The second kappa shape index (κ2) is 8.09. The number of nitro groups is 1. The molecule has 0 bridgehead atoms. The lowest BCUT2D eigenvalue weighted by atomic mass is 10.1. The SMILES string of the molecule is O=C(OCc1nc(-c2ccccc2)no1)c1ccc(N2CCCC2)c([N+](=O)[O-])c1. The van der Waals surface area contributed by atoms with Crippen LogP contribution in [-0.2, 0) is 11.3 Å². The number of carbonyl (C=O) groups excluding carboxylic acids is 1. The third-order valence-electron chi connectivity index (χ3n) is 4.68. The molecule has 1 aliphatic heterocycles. The fourth-order valence-corrected chi connectivity index (χ4v) is 3.25. The molecular weight excluding hydrogens is 376 g/mol. The number of ether oxygens (including phenoxy) is 1. The molecule has 0 spiro atoms. The highest BCUT2D eigenvalue weighted by Crippen LogP contribution is 2.32. The number of hydrogen-bond donors (Lipinski definition) is 0. The van der Waals surface area contributed by atoms with E-state index >= 15 is 0 Å². The minimum atomic E-state index is -0.694. The van der Waals surface area contributed by atoms with Crippen molar-refractivity contribution in [1.29, 1.82) is 0 Å². The molecule has 29 heavy (non-hydrogen) atoms. The highest BCUT2D eigenvalue weighted by atomic mass is 16.6. The summed E-state index contributed by atoms with van der Waals surface area (Å²) in [7, 11) is 0. The largest absolute Gasteiger partial charge is 0.452 e. The van der Waals surface area contributed by atoms with Crippen LogP contribution >= 0.6 is 0 Å². The third-order valence-corrected chi connectivity index (χ3v) is 4.68. The van der Waals surface area contributed by atoms with Crippen molar-refractivity contribution in [3.63, 3.8) is 0 Å². The molecule has 4 rings (SSSR count). The van der Waals surface area contributed by atoms with E-state index in [4.69, 9.17) is 9.26 Å². The van der Waals surface area contributed by atoms with Crippen molar-refractivity contribution in [3.05, 3.63) is 70.1 Å². The predicted molar refractivity (Wildman–Crippen MR) is 103 cm³/mol. The normalized spacial score (nSPS) is 13.4. The van der Waals surface area contributed by atoms with E-state index < -0.39 is 10.9 Å². The lowest BCUT2D eigenvalue weighted by Gasteiger charge is -2.17. The van der Waals surface area contributed by atoms with Gasteiger partial charge in [0.25, 0.3) is 11.6 Å². The Morgan fingerprint density at radius 1 is 1.17 bits per heavy atom. The summed E-state index contributed by atoms with van der Waals surface area (Å²) in [4.78, 5) is 29.5. The quantitative estimate of drug-likeness (QED) is 0.354. The highest BCUT2D eigenvalue weighted by Gasteiger charge is 2.24. The van der Waals surface area contributed by atoms with Gasteiger partial charge in [0, 0.05) is 24.7 Å². The van der Waals surface area contributed by atoms with E-state index in [2.05, 4.69) is 10.1 Å². The number of carbonyl (C=O) groups is 1. The summed E-state index contributed by atoms with van der Waals surface area (Å²) < 4.78 is 10.3. The zero-order valence-corrected chi connectivity index (χ0v) is 15.5. The van der Waals surface area contributed by atoms with Gasteiger partial charge in [-0.15, -0.1) is 0 Å². The summed E-state index contributed by atoms with van der Waals surface area (Å²) in [6.45, 7) is 1.32. The average molecular weight is 394 g/mol. The zero-order valence-electron chi connectivity index (χ0n) is 15.5. The standard InChI is InChI=1S/C20H18N4O5/c25-20(28-13-18-21-19(22-29-18)14-6-2-1-3-7-14)15-8-9-16(17(12-15)24(26)27)23-10-4-5-11-23/h1-3,6-9,12H,4-5,10-11,13H2. The maximum absolute atomic E-state index is 12.4. The zero-order chi connectivity index (χ0) is 20.2. The number of nitrogens with zero attached hydrogens (tertiary/aromatic N) is 4. The molecule has 0 aliphatic carbocycles. The van der Waals surface area contributed by atoms with E-state index in [9.17, 15) is 14.9 Å². The Morgan fingerprint density at radius 2 is 1.93 bits per heavy atom. The Bertz CT molecular complexity index is 1030. The number of esters is 1. The van der Waals surface area contributed by atoms with Crippen LogP contribution in [0.1, 0.15) is 29.1 Å². The first-order valence-corrected chi connectivity index (χ1v) is 9.20. The van der Waals surface area contributed by atoms with Gasteiger partial charge in [-0.2, -0.15) is 4.98 Å². The Balaban J connectivity index is 1.45. The minimum Gasteiger partial charge on any atom is -0.452 e. The van der Waals surface area contributed by atoms with Gasteiger partial charge in [-0.3, -0.25) is 10.1 Å². The number of hydrogen-bond acceptors (Lipinski definition) is 8. The molecule has 2 heterocycles. The van der Waals surface area contributed by atoms with Crippen LogP contribution in [0.3, 0.4) is 0 Å². The second-order valence-electron chi connectivity index (χ2n) is 6.61. The molecule has 0 amide bonds. The molecule has 1 aliphatic rings. The molecule has 0 unspecified atom stereocenters. The Morgan fingerprint density at radius 3 is 2.66 bits per heavy atom. The van der Waals surface area contributed by atoms with Gasteiger partial charge in [0.2, 0.25) is 5.82 Å². The molecule has 0 atom stereocenters. The topological polar surface area (TPSA) is 112 Å². The van der Waals surface area contributed by atoms with Gasteiger partial charge in [0.1, 0.15) is 5.69 Å². The molecule has 1 aromatic heterocycles. The van der Waals surface area contributed by atoms with Gasteiger partial charge >= 0.3 is 5.97 Å². The first-order valence-electron chi connectivity index (χ1n) is 9.20. The van der Waals surface area contributed by atoms with Crippen molar-refractivity contribution >= 4 is 17.3 Å². The maximum Gasteiger partial charge on any atom is 0.338 e. The average Bonchev–Trinajstić information content (AvgIpc) is 3.44. The molecular formula is C20H18N4O5. The molecule has 3 aromatic rings. The van der Waals surface area contributed by atoms with Crippen molar-refractivity contribution in [2.45, 2.75) is 19.4 Å².